The molecule has 2 aromatic carbocycles. The van der Waals surface area contributed by atoms with E-state index in [1.54, 1.807) is 12.1 Å². The number of carbonyl (C=O) groups excluding carboxylic acids is 1. The summed E-state index contributed by atoms with van der Waals surface area (Å²) >= 11 is 2.20. The number of aryl methyl sites for hydroxylation is 1. The molecule has 25 heavy (non-hydrogen) atoms. The van der Waals surface area contributed by atoms with Gasteiger partial charge in [0.1, 0.15) is 5.82 Å². The van der Waals surface area contributed by atoms with E-state index in [1.807, 2.05) is 24.3 Å². The molecule has 0 radical (unpaired) electrons. The summed E-state index contributed by atoms with van der Waals surface area (Å²) in [4.78, 5) is 16.2. The van der Waals surface area contributed by atoms with Gasteiger partial charge in [-0.3, -0.25) is 4.79 Å². The van der Waals surface area contributed by atoms with Gasteiger partial charge in [0.2, 0.25) is 17.6 Å². The SMILES string of the molecule is O=C(CCCc1nc(-c2ccc(F)cc2)no1)Nc1cccc(I)c1. The molecule has 128 valence electrons. The van der Waals surface area contributed by atoms with Crippen molar-refractivity contribution in [3.63, 3.8) is 0 Å². The molecule has 0 aliphatic carbocycles. The number of nitrogens with zero attached hydrogens (tertiary/aromatic N) is 2. The fourth-order valence-corrected chi connectivity index (χ4v) is 2.81. The Morgan fingerprint density at radius 3 is 2.76 bits per heavy atom. The molecule has 0 saturated carbocycles. The van der Waals surface area contributed by atoms with Crippen molar-refractivity contribution in [2.45, 2.75) is 19.3 Å². The highest BCUT2D eigenvalue weighted by atomic mass is 127. The normalized spacial score (nSPS) is 10.6. The topological polar surface area (TPSA) is 68.0 Å². The van der Waals surface area contributed by atoms with E-state index in [0.29, 0.717) is 36.5 Å². The second kappa shape index (κ2) is 8.19. The van der Waals surface area contributed by atoms with Crippen molar-refractivity contribution in [2.75, 3.05) is 5.32 Å². The molecule has 3 rings (SSSR count). The van der Waals surface area contributed by atoms with Crippen molar-refractivity contribution in [3.05, 3.63) is 63.8 Å². The van der Waals surface area contributed by atoms with Crippen LogP contribution >= 0.6 is 22.6 Å². The first-order chi connectivity index (χ1) is 12.1. The van der Waals surface area contributed by atoms with Crippen LogP contribution in [0.5, 0.6) is 0 Å². The van der Waals surface area contributed by atoms with Crippen LogP contribution in [0.1, 0.15) is 18.7 Å². The van der Waals surface area contributed by atoms with Gasteiger partial charge in [-0.05, 0) is 71.5 Å². The van der Waals surface area contributed by atoms with E-state index in [1.165, 1.54) is 12.1 Å². The molecule has 0 unspecified atom stereocenters. The molecule has 0 aliphatic heterocycles. The first kappa shape index (κ1) is 17.5. The van der Waals surface area contributed by atoms with E-state index < -0.39 is 0 Å². The number of nitrogens with one attached hydrogen (secondary N) is 1. The minimum atomic E-state index is -0.313. The lowest BCUT2D eigenvalue weighted by Crippen LogP contribution is -2.11. The Kier molecular flexibility index (Phi) is 5.75. The maximum Gasteiger partial charge on any atom is 0.226 e. The zero-order valence-corrected chi connectivity index (χ0v) is 15.4. The van der Waals surface area contributed by atoms with E-state index >= 15 is 0 Å². The molecule has 0 aliphatic rings. The monoisotopic (exact) mass is 451 g/mol. The lowest BCUT2D eigenvalue weighted by molar-refractivity contribution is -0.116. The van der Waals surface area contributed by atoms with Gasteiger partial charge in [-0.1, -0.05) is 11.2 Å². The Labute approximate surface area is 157 Å². The second-order valence-corrected chi connectivity index (χ2v) is 6.68. The fraction of sp³-hybridized carbons (Fsp3) is 0.167. The van der Waals surface area contributed by atoms with Crippen LogP contribution in [0.15, 0.2) is 53.1 Å². The summed E-state index contributed by atoms with van der Waals surface area (Å²) in [6.45, 7) is 0. The summed E-state index contributed by atoms with van der Waals surface area (Å²) in [6.07, 6.45) is 1.47. The summed E-state index contributed by atoms with van der Waals surface area (Å²) < 4.78 is 19.2. The highest BCUT2D eigenvalue weighted by molar-refractivity contribution is 14.1. The Hall–Kier alpha value is -2.29. The molecule has 1 N–H and O–H groups in total. The van der Waals surface area contributed by atoms with E-state index in [0.717, 1.165) is 9.26 Å². The zero-order chi connectivity index (χ0) is 17.6. The van der Waals surface area contributed by atoms with Gasteiger partial charge in [-0.15, -0.1) is 0 Å². The summed E-state index contributed by atoms with van der Waals surface area (Å²) in [5.41, 5.74) is 1.47. The van der Waals surface area contributed by atoms with Crippen LogP contribution in [0.2, 0.25) is 0 Å². The number of hydrogen-bond acceptors (Lipinski definition) is 4. The standard InChI is InChI=1S/C18H15FIN3O2/c19-13-9-7-12(8-10-13)18-22-17(25-23-18)6-2-5-16(24)21-15-4-1-3-14(20)11-15/h1,3-4,7-11H,2,5-6H2,(H,21,24). The fourth-order valence-electron chi connectivity index (χ4n) is 2.26. The summed E-state index contributed by atoms with van der Waals surface area (Å²) in [7, 11) is 0. The lowest BCUT2D eigenvalue weighted by Gasteiger charge is -2.04. The molecule has 7 heteroatoms. The van der Waals surface area contributed by atoms with Crippen molar-refractivity contribution in [1.82, 2.24) is 10.1 Å². The Morgan fingerprint density at radius 2 is 2.00 bits per heavy atom. The van der Waals surface area contributed by atoms with Gasteiger partial charge in [-0.2, -0.15) is 4.98 Å². The molecule has 1 amide bonds. The van der Waals surface area contributed by atoms with Gasteiger partial charge >= 0.3 is 0 Å². The average molecular weight is 451 g/mol. The molecule has 0 spiro atoms. The first-order valence-electron chi connectivity index (χ1n) is 7.74. The van der Waals surface area contributed by atoms with Crippen molar-refractivity contribution >= 4 is 34.2 Å². The van der Waals surface area contributed by atoms with Gasteiger partial charge < -0.3 is 9.84 Å². The van der Waals surface area contributed by atoms with Gasteiger partial charge in [0.25, 0.3) is 0 Å². The van der Waals surface area contributed by atoms with Crippen molar-refractivity contribution in [1.29, 1.82) is 0 Å². The molecule has 0 bridgehead atoms. The van der Waals surface area contributed by atoms with Crippen LogP contribution in [-0.2, 0) is 11.2 Å². The molecule has 0 fully saturated rings. The van der Waals surface area contributed by atoms with E-state index in [4.69, 9.17) is 4.52 Å². The number of anilines is 1. The zero-order valence-electron chi connectivity index (χ0n) is 13.2. The van der Waals surface area contributed by atoms with Gasteiger partial charge in [0, 0.05) is 27.7 Å². The smallest absolute Gasteiger partial charge is 0.226 e. The van der Waals surface area contributed by atoms with Crippen LogP contribution in [0.3, 0.4) is 0 Å². The van der Waals surface area contributed by atoms with Crippen molar-refractivity contribution < 1.29 is 13.7 Å². The summed E-state index contributed by atoms with van der Waals surface area (Å²) in [5, 5.41) is 6.74. The van der Waals surface area contributed by atoms with Gasteiger partial charge in [-0.25, -0.2) is 4.39 Å². The molecule has 0 atom stereocenters. The molecule has 0 saturated heterocycles. The number of benzene rings is 2. The molecule has 3 aromatic rings. The third kappa shape index (κ3) is 5.09. The third-order valence-electron chi connectivity index (χ3n) is 3.47. The summed E-state index contributed by atoms with van der Waals surface area (Å²) in [5.74, 6) is 0.506. The minimum Gasteiger partial charge on any atom is -0.339 e. The number of carbonyl (C=O) groups is 1. The Balaban J connectivity index is 1.49. The van der Waals surface area contributed by atoms with Crippen LogP contribution in [0, 0.1) is 9.39 Å². The number of hydrogen-bond donors (Lipinski definition) is 1. The minimum absolute atomic E-state index is 0.0553. The highest BCUT2D eigenvalue weighted by Crippen LogP contribution is 2.17. The number of rotatable bonds is 6. The number of aromatic nitrogens is 2. The Bertz CT molecular complexity index is 865. The second-order valence-electron chi connectivity index (χ2n) is 5.43. The van der Waals surface area contributed by atoms with E-state index in [-0.39, 0.29) is 11.7 Å². The Morgan fingerprint density at radius 1 is 1.20 bits per heavy atom. The maximum atomic E-state index is 12.9. The lowest BCUT2D eigenvalue weighted by atomic mass is 10.2. The highest BCUT2D eigenvalue weighted by Gasteiger charge is 2.10. The predicted octanol–water partition coefficient (Wildman–Crippen LogP) is 4.44. The third-order valence-corrected chi connectivity index (χ3v) is 4.14. The largest absolute Gasteiger partial charge is 0.339 e. The van der Waals surface area contributed by atoms with Crippen molar-refractivity contribution in [3.8, 4) is 11.4 Å². The van der Waals surface area contributed by atoms with Crippen molar-refractivity contribution in [2.24, 2.45) is 0 Å². The molecule has 5 nitrogen and oxygen atoms in total. The molecule has 1 aromatic heterocycles. The number of halogens is 2. The predicted molar refractivity (Wildman–Crippen MR) is 100 cm³/mol. The van der Waals surface area contributed by atoms with Gasteiger partial charge in [0.05, 0.1) is 0 Å². The van der Waals surface area contributed by atoms with Crippen LogP contribution in [0.4, 0.5) is 10.1 Å². The van der Waals surface area contributed by atoms with Crippen LogP contribution < -0.4 is 5.32 Å². The molecule has 1 heterocycles. The number of amides is 1. The first-order valence-corrected chi connectivity index (χ1v) is 8.82. The quantitative estimate of drug-likeness (QED) is 0.563. The average Bonchev–Trinajstić information content (AvgIpc) is 3.04. The van der Waals surface area contributed by atoms with E-state index in [2.05, 4.69) is 38.0 Å². The maximum absolute atomic E-state index is 12.9. The van der Waals surface area contributed by atoms with Gasteiger partial charge in [0.15, 0.2) is 0 Å². The molecular weight excluding hydrogens is 436 g/mol. The van der Waals surface area contributed by atoms with Crippen LogP contribution in [0.25, 0.3) is 11.4 Å². The molecular formula is C18H15FIN3O2. The summed E-state index contributed by atoms with van der Waals surface area (Å²) in [6, 6.07) is 13.5. The van der Waals surface area contributed by atoms with E-state index in [9.17, 15) is 9.18 Å². The van der Waals surface area contributed by atoms with Crippen LogP contribution in [-0.4, -0.2) is 16.0 Å².